The molecular weight excluding hydrogens is 246 g/mol. The third-order valence-electron chi connectivity index (χ3n) is 2.97. The molecule has 1 N–H and O–H groups in total. The maximum Gasteiger partial charge on any atom is 0.335 e. The molecule has 2 rings (SSSR count). The molecule has 0 bridgehead atoms. The zero-order valence-corrected chi connectivity index (χ0v) is 10.6. The lowest BCUT2D eigenvalue weighted by atomic mass is 10.0. The number of aromatic nitrogens is 1. The SMILES string of the molecule is Cc1noc(C)c1CC(=O)c1ccc(C(=O)O)cc1. The molecule has 2 aromatic rings. The molecule has 1 aromatic heterocycles. The molecule has 5 heteroatoms. The number of aromatic carboxylic acids is 1. The Balaban J connectivity index is 2.18. The summed E-state index contributed by atoms with van der Waals surface area (Å²) in [7, 11) is 0. The highest BCUT2D eigenvalue weighted by molar-refractivity contribution is 5.98. The summed E-state index contributed by atoms with van der Waals surface area (Å²) in [5.74, 6) is -0.468. The predicted molar refractivity (Wildman–Crippen MR) is 67.4 cm³/mol. The number of hydrogen-bond acceptors (Lipinski definition) is 4. The van der Waals surface area contributed by atoms with Gasteiger partial charge in [0.15, 0.2) is 5.78 Å². The first-order valence-electron chi connectivity index (χ1n) is 5.77. The van der Waals surface area contributed by atoms with E-state index in [1.165, 1.54) is 24.3 Å². The Morgan fingerprint density at radius 3 is 2.21 bits per heavy atom. The van der Waals surface area contributed by atoms with Crippen LogP contribution in [0.1, 0.15) is 37.7 Å². The number of carboxylic acid groups (broad SMARTS) is 1. The Morgan fingerprint density at radius 2 is 1.74 bits per heavy atom. The van der Waals surface area contributed by atoms with Gasteiger partial charge in [0.1, 0.15) is 5.76 Å². The number of Topliss-reactive ketones (excluding diaryl/α,β-unsaturated/α-hetero) is 1. The molecule has 0 spiro atoms. The van der Waals surface area contributed by atoms with E-state index in [0.29, 0.717) is 17.0 Å². The molecule has 98 valence electrons. The van der Waals surface area contributed by atoms with Crippen molar-refractivity contribution in [3.63, 3.8) is 0 Å². The van der Waals surface area contributed by atoms with Crippen molar-refractivity contribution in [2.45, 2.75) is 20.3 Å². The van der Waals surface area contributed by atoms with Crippen LogP contribution < -0.4 is 0 Å². The molecule has 1 aromatic carbocycles. The Hall–Kier alpha value is -2.43. The van der Waals surface area contributed by atoms with Crippen LogP contribution >= 0.6 is 0 Å². The van der Waals surface area contributed by atoms with E-state index < -0.39 is 5.97 Å². The molecule has 0 amide bonds. The normalized spacial score (nSPS) is 10.4. The smallest absolute Gasteiger partial charge is 0.335 e. The van der Waals surface area contributed by atoms with Crippen molar-refractivity contribution in [2.24, 2.45) is 0 Å². The van der Waals surface area contributed by atoms with Crippen molar-refractivity contribution in [3.8, 4) is 0 Å². The molecule has 0 aliphatic rings. The molecule has 0 atom stereocenters. The van der Waals surface area contributed by atoms with Crippen molar-refractivity contribution < 1.29 is 19.2 Å². The number of hydrogen-bond donors (Lipinski definition) is 1. The van der Waals surface area contributed by atoms with E-state index in [1.807, 2.05) is 0 Å². The van der Waals surface area contributed by atoms with Gasteiger partial charge in [-0.25, -0.2) is 4.79 Å². The second kappa shape index (κ2) is 5.06. The largest absolute Gasteiger partial charge is 0.478 e. The molecule has 0 fully saturated rings. The standard InChI is InChI=1S/C14H13NO4/c1-8-12(9(2)19-15-8)7-13(16)10-3-5-11(6-4-10)14(17)18/h3-6H,7H2,1-2H3,(H,17,18). The van der Waals surface area contributed by atoms with Crippen LogP contribution in [0.15, 0.2) is 28.8 Å². The van der Waals surface area contributed by atoms with Crippen LogP contribution in [0.25, 0.3) is 0 Å². The first kappa shape index (κ1) is 13.0. The molecule has 0 unspecified atom stereocenters. The molecule has 19 heavy (non-hydrogen) atoms. The topological polar surface area (TPSA) is 80.4 Å². The van der Waals surface area contributed by atoms with Gasteiger partial charge in [-0.15, -0.1) is 0 Å². The summed E-state index contributed by atoms with van der Waals surface area (Å²) in [4.78, 5) is 22.8. The summed E-state index contributed by atoms with van der Waals surface area (Å²) in [6, 6.07) is 5.87. The highest BCUT2D eigenvalue weighted by atomic mass is 16.5. The number of nitrogens with zero attached hydrogens (tertiary/aromatic N) is 1. The number of ketones is 1. The fourth-order valence-electron chi connectivity index (χ4n) is 1.82. The average molecular weight is 259 g/mol. The second-order valence-corrected chi connectivity index (χ2v) is 4.29. The zero-order valence-electron chi connectivity index (χ0n) is 10.6. The van der Waals surface area contributed by atoms with Crippen LogP contribution in [0.2, 0.25) is 0 Å². The van der Waals surface area contributed by atoms with Crippen LogP contribution in [0.4, 0.5) is 0 Å². The Morgan fingerprint density at radius 1 is 1.16 bits per heavy atom. The fraction of sp³-hybridized carbons (Fsp3) is 0.214. The summed E-state index contributed by atoms with van der Waals surface area (Å²) in [6.07, 6.45) is 0.202. The summed E-state index contributed by atoms with van der Waals surface area (Å²) in [6.45, 7) is 3.54. The van der Waals surface area contributed by atoms with E-state index in [-0.39, 0.29) is 17.8 Å². The van der Waals surface area contributed by atoms with E-state index in [1.54, 1.807) is 13.8 Å². The molecular formula is C14H13NO4. The first-order valence-corrected chi connectivity index (χ1v) is 5.77. The number of carbonyl (C=O) groups is 2. The van der Waals surface area contributed by atoms with Crippen LogP contribution in [-0.2, 0) is 6.42 Å². The van der Waals surface area contributed by atoms with Crippen LogP contribution in [0.5, 0.6) is 0 Å². The van der Waals surface area contributed by atoms with Gasteiger partial charge in [-0.1, -0.05) is 17.3 Å². The van der Waals surface area contributed by atoms with Gasteiger partial charge in [0, 0.05) is 17.5 Å². The minimum atomic E-state index is -1.01. The molecule has 5 nitrogen and oxygen atoms in total. The number of aryl methyl sites for hydroxylation is 2. The number of carboxylic acids is 1. The van der Waals surface area contributed by atoms with E-state index in [4.69, 9.17) is 9.63 Å². The quantitative estimate of drug-likeness (QED) is 0.853. The van der Waals surface area contributed by atoms with E-state index in [0.717, 1.165) is 5.56 Å². The molecule has 1 heterocycles. The summed E-state index contributed by atoms with van der Waals surface area (Å²) in [5, 5.41) is 12.6. The number of rotatable bonds is 4. The summed E-state index contributed by atoms with van der Waals surface area (Å²) >= 11 is 0. The van der Waals surface area contributed by atoms with Crippen LogP contribution in [0.3, 0.4) is 0 Å². The van der Waals surface area contributed by atoms with Gasteiger partial charge in [0.25, 0.3) is 0 Å². The lowest BCUT2D eigenvalue weighted by molar-refractivity contribution is 0.0696. The highest BCUT2D eigenvalue weighted by Crippen LogP contribution is 2.16. The Labute approximate surface area is 109 Å². The van der Waals surface area contributed by atoms with Gasteiger partial charge in [-0.3, -0.25) is 4.79 Å². The molecule has 0 aliphatic heterocycles. The third-order valence-corrected chi connectivity index (χ3v) is 2.97. The van der Waals surface area contributed by atoms with E-state index in [2.05, 4.69) is 5.16 Å². The van der Waals surface area contributed by atoms with Gasteiger partial charge in [-0.2, -0.15) is 0 Å². The number of benzene rings is 1. The Kier molecular flexibility index (Phi) is 3.46. The van der Waals surface area contributed by atoms with E-state index >= 15 is 0 Å². The maximum atomic E-state index is 12.1. The van der Waals surface area contributed by atoms with Crippen molar-refractivity contribution in [1.82, 2.24) is 5.16 Å². The average Bonchev–Trinajstić information content (AvgIpc) is 2.70. The van der Waals surface area contributed by atoms with Gasteiger partial charge in [0.05, 0.1) is 11.3 Å². The van der Waals surface area contributed by atoms with Crippen LogP contribution in [0, 0.1) is 13.8 Å². The predicted octanol–water partition coefficient (Wildman–Crippen LogP) is 2.42. The molecule has 0 saturated heterocycles. The maximum absolute atomic E-state index is 12.1. The molecule has 0 saturated carbocycles. The monoisotopic (exact) mass is 259 g/mol. The minimum absolute atomic E-state index is 0.0914. The van der Waals surface area contributed by atoms with Crippen LogP contribution in [-0.4, -0.2) is 22.0 Å². The molecule has 0 radical (unpaired) electrons. The van der Waals surface area contributed by atoms with Gasteiger partial charge < -0.3 is 9.63 Å². The molecule has 0 aliphatic carbocycles. The summed E-state index contributed by atoms with van der Waals surface area (Å²) in [5.41, 5.74) is 2.12. The lowest BCUT2D eigenvalue weighted by Crippen LogP contribution is -2.06. The van der Waals surface area contributed by atoms with E-state index in [9.17, 15) is 9.59 Å². The third kappa shape index (κ3) is 2.70. The Bertz CT molecular complexity index is 606. The van der Waals surface area contributed by atoms with Crippen molar-refractivity contribution in [2.75, 3.05) is 0 Å². The van der Waals surface area contributed by atoms with Crippen molar-refractivity contribution in [1.29, 1.82) is 0 Å². The number of carbonyl (C=O) groups excluding carboxylic acids is 1. The fourth-order valence-corrected chi connectivity index (χ4v) is 1.82. The highest BCUT2D eigenvalue weighted by Gasteiger charge is 2.15. The van der Waals surface area contributed by atoms with Crippen molar-refractivity contribution in [3.05, 3.63) is 52.4 Å². The van der Waals surface area contributed by atoms with Gasteiger partial charge in [0.2, 0.25) is 0 Å². The van der Waals surface area contributed by atoms with Gasteiger partial charge >= 0.3 is 5.97 Å². The lowest BCUT2D eigenvalue weighted by Gasteiger charge is -2.01. The zero-order chi connectivity index (χ0) is 14.0. The summed E-state index contributed by atoms with van der Waals surface area (Å²) < 4.78 is 5.00. The minimum Gasteiger partial charge on any atom is -0.478 e. The van der Waals surface area contributed by atoms with Crippen molar-refractivity contribution >= 4 is 11.8 Å². The van der Waals surface area contributed by atoms with Gasteiger partial charge in [-0.05, 0) is 26.0 Å². The second-order valence-electron chi connectivity index (χ2n) is 4.29. The first-order chi connectivity index (χ1) is 8.99.